The lowest BCUT2D eigenvalue weighted by atomic mass is 10.1. The molecule has 0 amide bonds. The van der Waals surface area contributed by atoms with Crippen LogP contribution < -0.4 is 15.3 Å². The highest BCUT2D eigenvalue weighted by molar-refractivity contribution is 7.73. The standard InChI is InChI=1S/C19H17F6O3P/c1-4-12-7-15(5-6-17(12)28-11(2)3)29(26,27)16-9-13(18(20,21)22)8-14(10-16)19(23,24)25/h4-11H,1H2,2-3H3,(H,26,27). The maximum atomic E-state index is 13.1. The van der Waals surface area contributed by atoms with Crippen LogP contribution in [0.2, 0.25) is 0 Å². The Kier molecular flexibility index (Phi) is 6.26. The first kappa shape index (κ1) is 23.0. The van der Waals surface area contributed by atoms with Gasteiger partial charge in [0.25, 0.3) is 7.37 Å². The highest BCUT2D eigenvalue weighted by Gasteiger charge is 2.39. The van der Waals surface area contributed by atoms with E-state index in [0.29, 0.717) is 5.75 Å². The molecule has 0 saturated heterocycles. The van der Waals surface area contributed by atoms with Crippen LogP contribution in [0.5, 0.6) is 5.75 Å². The Morgan fingerprint density at radius 2 is 1.48 bits per heavy atom. The molecule has 0 fully saturated rings. The van der Waals surface area contributed by atoms with Crippen molar-refractivity contribution in [2.45, 2.75) is 32.3 Å². The molecule has 2 rings (SSSR count). The number of halogens is 6. The van der Waals surface area contributed by atoms with Gasteiger partial charge in [0.2, 0.25) is 0 Å². The first-order valence-electron chi connectivity index (χ1n) is 8.23. The van der Waals surface area contributed by atoms with Gasteiger partial charge in [-0.2, -0.15) is 26.3 Å². The van der Waals surface area contributed by atoms with Gasteiger partial charge in [-0.05, 0) is 50.2 Å². The zero-order valence-corrected chi connectivity index (χ0v) is 16.2. The lowest BCUT2D eigenvalue weighted by molar-refractivity contribution is -0.142. The molecule has 0 radical (unpaired) electrons. The molecule has 158 valence electrons. The van der Waals surface area contributed by atoms with Crippen LogP contribution in [0.3, 0.4) is 0 Å². The average Bonchev–Trinajstić information content (AvgIpc) is 2.59. The molecule has 29 heavy (non-hydrogen) atoms. The van der Waals surface area contributed by atoms with E-state index < -0.39 is 36.2 Å². The Morgan fingerprint density at radius 3 is 1.90 bits per heavy atom. The molecule has 0 aliphatic heterocycles. The molecular formula is C19H17F6O3P. The summed E-state index contributed by atoms with van der Waals surface area (Å²) in [6.45, 7) is 7.01. The highest BCUT2D eigenvalue weighted by atomic mass is 31.2. The van der Waals surface area contributed by atoms with Gasteiger partial charge >= 0.3 is 12.4 Å². The molecule has 1 N–H and O–H groups in total. The number of alkyl halides is 6. The van der Waals surface area contributed by atoms with Crippen molar-refractivity contribution in [2.75, 3.05) is 0 Å². The molecule has 0 saturated carbocycles. The van der Waals surface area contributed by atoms with Gasteiger partial charge in [-0.1, -0.05) is 12.7 Å². The lowest BCUT2D eigenvalue weighted by Gasteiger charge is -2.19. The second-order valence-corrected chi connectivity index (χ2v) is 8.62. The summed E-state index contributed by atoms with van der Waals surface area (Å²) in [6.07, 6.45) is -9.19. The lowest BCUT2D eigenvalue weighted by Crippen LogP contribution is -2.21. The first-order valence-corrected chi connectivity index (χ1v) is 9.88. The molecule has 2 aromatic rings. The van der Waals surface area contributed by atoms with E-state index >= 15 is 0 Å². The maximum absolute atomic E-state index is 13.1. The van der Waals surface area contributed by atoms with Crippen LogP contribution in [-0.4, -0.2) is 11.0 Å². The third kappa shape index (κ3) is 5.22. The van der Waals surface area contributed by atoms with E-state index in [1.165, 1.54) is 12.1 Å². The monoisotopic (exact) mass is 438 g/mol. The Hall–Kier alpha value is -2.25. The number of ether oxygens (including phenoxy) is 1. The van der Waals surface area contributed by atoms with Gasteiger partial charge in [0.05, 0.1) is 17.2 Å². The molecule has 2 aromatic carbocycles. The number of hydrogen-bond acceptors (Lipinski definition) is 2. The minimum Gasteiger partial charge on any atom is -0.490 e. The number of hydrogen-bond donors (Lipinski definition) is 1. The first-order chi connectivity index (χ1) is 13.2. The van der Waals surface area contributed by atoms with Gasteiger partial charge < -0.3 is 9.63 Å². The summed E-state index contributed by atoms with van der Waals surface area (Å²) in [6, 6.07) is 3.99. The Bertz CT molecular complexity index is 931. The molecule has 0 aromatic heterocycles. The summed E-state index contributed by atoms with van der Waals surface area (Å²) in [5.41, 5.74) is -3.06. The van der Waals surface area contributed by atoms with Crippen LogP contribution in [0.1, 0.15) is 30.5 Å². The molecule has 1 atom stereocenters. The molecule has 3 nitrogen and oxygen atoms in total. The van der Waals surface area contributed by atoms with Crippen molar-refractivity contribution < 1.29 is 40.5 Å². The summed E-state index contributed by atoms with van der Waals surface area (Å²) in [5, 5.41) is -1.33. The molecular weight excluding hydrogens is 421 g/mol. The Balaban J connectivity index is 2.66. The topological polar surface area (TPSA) is 46.5 Å². The summed E-state index contributed by atoms with van der Waals surface area (Å²) in [7, 11) is -4.79. The zero-order chi connectivity index (χ0) is 22.2. The Morgan fingerprint density at radius 1 is 0.966 bits per heavy atom. The van der Waals surface area contributed by atoms with Crippen LogP contribution in [0.15, 0.2) is 43.0 Å². The van der Waals surface area contributed by atoms with Crippen LogP contribution in [0.4, 0.5) is 26.3 Å². The quantitative estimate of drug-likeness (QED) is 0.504. The zero-order valence-electron chi connectivity index (χ0n) is 15.3. The third-order valence-corrected chi connectivity index (χ3v) is 5.78. The second-order valence-electron chi connectivity index (χ2n) is 6.43. The van der Waals surface area contributed by atoms with E-state index in [4.69, 9.17) is 4.74 Å². The van der Waals surface area contributed by atoms with Gasteiger partial charge in [0.1, 0.15) is 5.75 Å². The van der Waals surface area contributed by atoms with Gasteiger partial charge in [-0.25, -0.2) is 0 Å². The average molecular weight is 438 g/mol. The summed E-state index contributed by atoms with van der Waals surface area (Å²) in [5.74, 6) is 0.304. The fraction of sp³-hybridized carbons (Fsp3) is 0.263. The van der Waals surface area contributed by atoms with Gasteiger partial charge in [-0.15, -0.1) is 0 Å². The molecule has 0 bridgehead atoms. The van der Waals surface area contributed by atoms with Gasteiger partial charge in [0, 0.05) is 16.2 Å². The van der Waals surface area contributed by atoms with Crippen molar-refractivity contribution in [3.63, 3.8) is 0 Å². The number of benzene rings is 2. The molecule has 0 aliphatic rings. The van der Waals surface area contributed by atoms with E-state index in [1.54, 1.807) is 13.8 Å². The van der Waals surface area contributed by atoms with Gasteiger partial charge in [0.15, 0.2) is 0 Å². The predicted octanol–water partition coefficient (Wildman–Crippen LogP) is 5.38. The predicted molar refractivity (Wildman–Crippen MR) is 97.8 cm³/mol. The maximum Gasteiger partial charge on any atom is 0.416 e. The summed E-state index contributed by atoms with van der Waals surface area (Å²) < 4.78 is 96.7. The largest absolute Gasteiger partial charge is 0.490 e. The normalized spacial score (nSPS) is 14.6. The molecule has 0 heterocycles. The fourth-order valence-corrected chi connectivity index (χ4v) is 4.02. The van der Waals surface area contributed by atoms with E-state index in [1.807, 2.05) is 0 Å². The molecule has 0 spiro atoms. The minimum atomic E-state index is -5.13. The third-order valence-electron chi connectivity index (χ3n) is 3.85. The van der Waals surface area contributed by atoms with E-state index in [2.05, 4.69) is 6.58 Å². The SMILES string of the molecule is C=Cc1cc(P(=O)(O)c2cc(C(F)(F)F)cc(C(F)(F)F)c2)ccc1OC(C)C. The second kappa shape index (κ2) is 7.88. The van der Waals surface area contributed by atoms with Crippen LogP contribution in [0.25, 0.3) is 6.08 Å². The van der Waals surface area contributed by atoms with E-state index in [0.717, 1.165) is 12.1 Å². The molecule has 0 aliphatic carbocycles. The van der Waals surface area contributed by atoms with Crippen LogP contribution in [0, 0.1) is 0 Å². The Labute approximate surface area is 163 Å². The van der Waals surface area contributed by atoms with E-state index in [9.17, 15) is 35.8 Å². The van der Waals surface area contributed by atoms with Crippen molar-refractivity contribution in [1.29, 1.82) is 0 Å². The van der Waals surface area contributed by atoms with Crippen molar-refractivity contribution in [1.82, 2.24) is 0 Å². The molecule has 1 unspecified atom stereocenters. The van der Waals surface area contributed by atoms with Crippen molar-refractivity contribution >= 4 is 24.1 Å². The van der Waals surface area contributed by atoms with Crippen molar-refractivity contribution in [2.24, 2.45) is 0 Å². The highest BCUT2D eigenvalue weighted by Crippen LogP contribution is 2.43. The molecule has 10 heteroatoms. The smallest absolute Gasteiger partial charge is 0.416 e. The van der Waals surface area contributed by atoms with Crippen LogP contribution >= 0.6 is 7.37 Å². The summed E-state index contributed by atoms with van der Waals surface area (Å²) >= 11 is 0. The minimum absolute atomic E-state index is 0.0990. The number of rotatable bonds is 5. The fourth-order valence-electron chi connectivity index (χ4n) is 2.51. The van der Waals surface area contributed by atoms with E-state index in [-0.39, 0.29) is 35.2 Å². The summed E-state index contributed by atoms with van der Waals surface area (Å²) in [4.78, 5) is 10.5. The van der Waals surface area contributed by atoms with Gasteiger partial charge in [-0.3, -0.25) is 4.57 Å². The van der Waals surface area contributed by atoms with Crippen molar-refractivity contribution in [3.8, 4) is 5.75 Å². The van der Waals surface area contributed by atoms with Crippen LogP contribution in [-0.2, 0) is 16.9 Å². The van der Waals surface area contributed by atoms with Crippen molar-refractivity contribution in [3.05, 3.63) is 59.7 Å².